The monoisotopic (exact) mass is 304 g/mol. The molecule has 1 aromatic rings. The third-order valence-corrected chi connectivity index (χ3v) is 5.07. The quantitative estimate of drug-likeness (QED) is 0.617. The molecule has 0 N–H and O–H groups in total. The van der Waals surface area contributed by atoms with E-state index in [-0.39, 0.29) is 19.8 Å². The predicted molar refractivity (Wildman–Crippen MR) is 67.2 cm³/mol. The number of rotatable bonds is 3. The first kappa shape index (κ1) is 14.8. The van der Waals surface area contributed by atoms with Crippen LogP contribution in [-0.2, 0) is 14.8 Å². The molecule has 110 valence electrons. The van der Waals surface area contributed by atoms with Crippen molar-refractivity contribution in [1.29, 1.82) is 0 Å². The van der Waals surface area contributed by atoms with E-state index < -0.39 is 37.4 Å². The highest BCUT2D eigenvalue weighted by Crippen LogP contribution is 2.30. The van der Waals surface area contributed by atoms with E-state index in [1.807, 2.05) is 0 Å². The van der Waals surface area contributed by atoms with Crippen LogP contribution in [0.4, 0.5) is 10.1 Å². The maximum Gasteiger partial charge on any atom is 0.324 e. The average molecular weight is 304 g/mol. The SMILES string of the molecule is CC1COCCN1S(=O)(=O)c1cccc(F)c1[N+](=O)[O-]. The normalized spacial score (nSPS) is 20.8. The van der Waals surface area contributed by atoms with Crippen molar-refractivity contribution in [3.8, 4) is 0 Å². The van der Waals surface area contributed by atoms with Gasteiger partial charge in [-0.15, -0.1) is 0 Å². The highest BCUT2D eigenvalue weighted by Gasteiger charge is 2.37. The third-order valence-electron chi connectivity index (χ3n) is 3.03. The van der Waals surface area contributed by atoms with Gasteiger partial charge in [0, 0.05) is 12.6 Å². The summed E-state index contributed by atoms with van der Waals surface area (Å²) in [6, 6.07) is 2.58. The molecule has 1 atom stereocenters. The molecule has 1 unspecified atom stereocenters. The van der Waals surface area contributed by atoms with Crippen molar-refractivity contribution >= 4 is 15.7 Å². The van der Waals surface area contributed by atoms with Crippen LogP contribution in [0.3, 0.4) is 0 Å². The number of nitrogens with zero attached hydrogens (tertiary/aromatic N) is 2. The molecule has 0 bridgehead atoms. The second kappa shape index (κ2) is 5.43. The van der Waals surface area contributed by atoms with Gasteiger partial charge in [0.05, 0.1) is 18.1 Å². The molecule has 9 heteroatoms. The van der Waals surface area contributed by atoms with Crippen LogP contribution < -0.4 is 0 Å². The van der Waals surface area contributed by atoms with Gasteiger partial charge in [-0.05, 0) is 19.1 Å². The van der Waals surface area contributed by atoms with Crippen molar-refractivity contribution in [2.45, 2.75) is 17.9 Å². The minimum Gasteiger partial charge on any atom is -0.378 e. The van der Waals surface area contributed by atoms with Gasteiger partial charge < -0.3 is 4.74 Å². The number of hydrogen-bond acceptors (Lipinski definition) is 5. The van der Waals surface area contributed by atoms with E-state index >= 15 is 0 Å². The summed E-state index contributed by atoms with van der Waals surface area (Å²) in [6.07, 6.45) is 0. The van der Waals surface area contributed by atoms with Crippen molar-refractivity contribution in [2.24, 2.45) is 0 Å². The van der Waals surface area contributed by atoms with Crippen molar-refractivity contribution in [2.75, 3.05) is 19.8 Å². The second-order valence-electron chi connectivity index (χ2n) is 4.38. The Morgan fingerprint density at radius 3 is 2.80 bits per heavy atom. The number of para-hydroxylation sites is 1. The first-order chi connectivity index (χ1) is 9.35. The lowest BCUT2D eigenvalue weighted by molar-refractivity contribution is -0.390. The van der Waals surface area contributed by atoms with Gasteiger partial charge in [0.2, 0.25) is 15.8 Å². The first-order valence-corrected chi connectivity index (χ1v) is 7.32. The molecule has 20 heavy (non-hydrogen) atoms. The van der Waals surface area contributed by atoms with Crippen LogP contribution in [0.5, 0.6) is 0 Å². The van der Waals surface area contributed by atoms with Gasteiger partial charge >= 0.3 is 5.69 Å². The fourth-order valence-corrected chi connectivity index (χ4v) is 3.85. The first-order valence-electron chi connectivity index (χ1n) is 5.88. The number of sulfonamides is 1. The Hall–Kier alpha value is -1.58. The minimum absolute atomic E-state index is 0.0805. The molecule has 7 nitrogen and oxygen atoms in total. The largest absolute Gasteiger partial charge is 0.378 e. The van der Waals surface area contributed by atoms with Gasteiger partial charge in [-0.1, -0.05) is 6.07 Å². The van der Waals surface area contributed by atoms with Gasteiger partial charge in [0.1, 0.15) is 0 Å². The highest BCUT2D eigenvalue weighted by atomic mass is 32.2. The summed E-state index contributed by atoms with van der Waals surface area (Å²) < 4.78 is 44.7. The maximum atomic E-state index is 13.5. The molecule has 1 fully saturated rings. The lowest BCUT2D eigenvalue weighted by Crippen LogP contribution is -2.47. The molecule has 1 saturated heterocycles. The summed E-state index contributed by atoms with van der Waals surface area (Å²) in [5, 5.41) is 10.9. The second-order valence-corrected chi connectivity index (χ2v) is 6.24. The van der Waals surface area contributed by atoms with Crippen LogP contribution >= 0.6 is 0 Å². The van der Waals surface area contributed by atoms with Gasteiger partial charge in [-0.2, -0.15) is 8.70 Å². The summed E-state index contributed by atoms with van der Waals surface area (Å²) >= 11 is 0. The van der Waals surface area contributed by atoms with Crippen LogP contribution in [0.25, 0.3) is 0 Å². The van der Waals surface area contributed by atoms with Crippen LogP contribution in [0.2, 0.25) is 0 Å². The fourth-order valence-electron chi connectivity index (χ4n) is 2.08. The van der Waals surface area contributed by atoms with E-state index in [1.54, 1.807) is 6.92 Å². The Kier molecular flexibility index (Phi) is 4.02. The molecule has 1 aliphatic heterocycles. The minimum atomic E-state index is -4.14. The summed E-state index contributed by atoms with van der Waals surface area (Å²) in [5.74, 6) is -1.17. The van der Waals surface area contributed by atoms with E-state index in [0.717, 1.165) is 22.5 Å². The number of halogens is 1. The Balaban J connectivity index is 2.55. The highest BCUT2D eigenvalue weighted by molar-refractivity contribution is 7.89. The number of morpholine rings is 1. The summed E-state index contributed by atoms with van der Waals surface area (Å²) in [5.41, 5.74) is -1.02. The number of ether oxygens (including phenoxy) is 1. The predicted octanol–water partition coefficient (Wildman–Crippen LogP) is 1.14. The topological polar surface area (TPSA) is 89.8 Å². The van der Waals surface area contributed by atoms with E-state index in [0.29, 0.717) is 0 Å². The number of benzene rings is 1. The molecule has 0 radical (unpaired) electrons. The van der Waals surface area contributed by atoms with Crippen molar-refractivity contribution < 1.29 is 22.5 Å². The zero-order chi connectivity index (χ0) is 14.9. The smallest absolute Gasteiger partial charge is 0.324 e. The zero-order valence-electron chi connectivity index (χ0n) is 10.7. The van der Waals surface area contributed by atoms with E-state index in [2.05, 4.69) is 0 Å². The Morgan fingerprint density at radius 2 is 2.20 bits per heavy atom. The van der Waals surface area contributed by atoms with E-state index in [9.17, 15) is 22.9 Å². The molecule has 0 saturated carbocycles. The number of nitro groups is 1. The lowest BCUT2D eigenvalue weighted by Gasteiger charge is -2.32. The van der Waals surface area contributed by atoms with Crippen molar-refractivity contribution in [1.82, 2.24) is 4.31 Å². The lowest BCUT2D eigenvalue weighted by atomic mass is 10.3. The van der Waals surface area contributed by atoms with Crippen LogP contribution in [-0.4, -0.2) is 43.4 Å². The molecule has 1 heterocycles. The Bertz CT molecular complexity index is 634. The summed E-state index contributed by atoms with van der Waals surface area (Å²) in [6.45, 7) is 2.11. The average Bonchev–Trinajstić information content (AvgIpc) is 2.38. The molecule has 0 aliphatic carbocycles. The summed E-state index contributed by atoms with van der Waals surface area (Å²) in [7, 11) is -4.14. The van der Waals surface area contributed by atoms with E-state index in [4.69, 9.17) is 4.74 Å². The molecule has 2 rings (SSSR count). The zero-order valence-corrected chi connectivity index (χ0v) is 11.5. The van der Waals surface area contributed by atoms with Gasteiger partial charge in [-0.3, -0.25) is 10.1 Å². The van der Waals surface area contributed by atoms with Crippen LogP contribution in [0.1, 0.15) is 6.92 Å². The van der Waals surface area contributed by atoms with Gasteiger partial charge in [0.15, 0.2) is 4.90 Å². The molecule has 0 aromatic heterocycles. The van der Waals surface area contributed by atoms with Crippen molar-refractivity contribution in [3.63, 3.8) is 0 Å². The van der Waals surface area contributed by atoms with E-state index in [1.165, 1.54) is 0 Å². The molecule has 0 amide bonds. The number of nitro benzene ring substituents is 1. The summed E-state index contributed by atoms with van der Waals surface area (Å²) in [4.78, 5) is 9.26. The maximum absolute atomic E-state index is 13.5. The molecule has 0 spiro atoms. The fraction of sp³-hybridized carbons (Fsp3) is 0.455. The Morgan fingerprint density at radius 1 is 1.50 bits per heavy atom. The van der Waals surface area contributed by atoms with Gasteiger partial charge in [-0.25, -0.2) is 8.42 Å². The molecule has 1 aliphatic rings. The molecule has 1 aromatic carbocycles. The Labute approximate surface area is 115 Å². The standard InChI is InChI=1S/C11H13FN2O5S/c1-8-7-19-6-5-13(8)20(17,18)10-4-2-3-9(12)11(10)14(15)16/h2-4,8H,5-7H2,1H3. The number of hydrogen-bond donors (Lipinski definition) is 0. The van der Waals surface area contributed by atoms with Gasteiger partial charge in [0.25, 0.3) is 0 Å². The third kappa shape index (κ3) is 2.51. The van der Waals surface area contributed by atoms with Crippen LogP contribution in [0.15, 0.2) is 23.1 Å². The molecular weight excluding hydrogens is 291 g/mol. The van der Waals surface area contributed by atoms with Crippen molar-refractivity contribution in [3.05, 3.63) is 34.1 Å². The van der Waals surface area contributed by atoms with Crippen LogP contribution in [0, 0.1) is 15.9 Å². The molecular formula is C11H13FN2O5S.